The predicted octanol–water partition coefficient (Wildman–Crippen LogP) is 3.37. The zero-order valence-electron chi connectivity index (χ0n) is 12.4. The molecule has 0 N–H and O–H groups in total. The van der Waals surface area contributed by atoms with Gasteiger partial charge in [0, 0.05) is 10.9 Å². The molecular formula is C17H18O4. The standard InChI is InChI=1S/C17H18O4/c1-4-20-17(19)16(18)14-9-10-15(21-11(2)3)13-8-6-5-7-12(13)14/h5-11H,4H2,1-3H3. The third-order valence-electron chi connectivity index (χ3n) is 2.95. The van der Waals surface area contributed by atoms with Gasteiger partial charge in [-0.15, -0.1) is 0 Å². The Morgan fingerprint density at radius 1 is 1.05 bits per heavy atom. The van der Waals surface area contributed by atoms with Crippen molar-refractivity contribution in [3.05, 3.63) is 42.0 Å². The predicted molar refractivity (Wildman–Crippen MR) is 80.7 cm³/mol. The largest absolute Gasteiger partial charge is 0.490 e. The molecule has 0 amide bonds. The summed E-state index contributed by atoms with van der Waals surface area (Å²) in [6.45, 7) is 5.72. The molecule has 0 atom stereocenters. The van der Waals surface area contributed by atoms with E-state index in [1.807, 2.05) is 32.0 Å². The zero-order chi connectivity index (χ0) is 15.4. The maximum Gasteiger partial charge on any atom is 0.379 e. The van der Waals surface area contributed by atoms with Crippen molar-refractivity contribution < 1.29 is 19.1 Å². The van der Waals surface area contributed by atoms with Gasteiger partial charge in [-0.25, -0.2) is 4.79 Å². The number of fused-ring (bicyclic) bond motifs is 1. The van der Waals surface area contributed by atoms with E-state index in [0.29, 0.717) is 16.7 Å². The Bertz CT molecular complexity index is 674. The van der Waals surface area contributed by atoms with Crippen LogP contribution in [0.5, 0.6) is 5.75 Å². The first-order chi connectivity index (χ1) is 10.0. The fourth-order valence-electron chi connectivity index (χ4n) is 2.13. The fourth-order valence-corrected chi connectivity index (χ4v) is 2.13. The van der Waals surface area contributed by atoms with E-state index in [0.717, 1.165) is 5.39 Å². The molecule has 21 heavy (non-hydrogen) atoms. The van der Waals surface area contributed by atoms with Crippen LogP contribution in [0, 0.1) is 0 Å². The van der Waals surface area contributed by atoms with E-state index in [1.165, 1.54) is 0 Å². The third kappa shape index (κ3) is 3.21. The van der Waals surface area contributed by atoms with Crippen LogP contribution in [-0.2, 0) is 9.53 Å². The van der Waals surface area contributed by atoms with Gasteiger partial charge in [0.1, 0.15) is 5.75 Å². The molecule has 0 aromatic heterocycles. The topological polar surface area (TPSA) is 52.6 Å². The first-order valence-electron chi connectivity index (χ1n) is 6.94. The van der Waals surface area contributed by atoms with Crippen LogP contribution >= 0.6 is 0 Å². The minimum absolute atomic E-state index is 0.0278. The van der Waals surface area contributed by atoms with Crippen LogP contribution in [0.25, 0.3) is 10.8 Å². The van der Waals surface area contributed by atoms with Crippen molar-refractivity contribution in [3.63, 3.8) is 0 Å². The van der Waals surface area contributed by atoms with Crippen molar-refractivity contribution in [1.82, 2.24) is 0 Å². The van der Waals surface area contributed by atoms with Crippen molar-refractivity contribution >= 4 is 22.5 Å². The summed E-state index contributed by atoms with van der Waals surface area (Å²) in [5, 5.41) is 1.50. The Kier molecular flexibility index (Phi) is 4.58. The Morgan fingerprint density at radius 2 is 1.71 bits per heavy atom. The summed E-state index contributed by atoms with van der Waals surface area (Å²) in [4.78, 5) is 23.8. The number of benzene rings is 2. The van der Waals surface area contributed by atoms with E-state index in [4.69, 9.17) is 9.47 Å². The summed E-state index contributed by atoms with van der Waals surface area (Å²) in [7, 11) is 0. The molecule has 0 unspecified atom stereocenters. The monoisotopic (exact) mass is 286 g/mol. The van der Waals surface area contributed by atoms with Gasteiger partial charge in [-0.05, 0) is 38.3 Å². The molecule has 4 nitrogen and oxygen atoms in total. The van der Waals surface area contributed by atoms with Crippen molar-refractivity contribution in [2.75, 3.05) is 6.61 Å². The normalized spacial score (nSPS) is 10.7. The van der Waals surface area contributed by atoms with Crippen LogP contribution in [0.4, 0.5) is 0 Å². The second-order valence-electron chi connectivity index (χ2n) is 4.87. The Labute approximate surface area is 123 Å². The highest BCUT2D eigenvalue weighted by Crippen LogP contribution is 2.29. The molecule has 0 saturated heterocycles. The number of carbonyl (C=O) groups excluding carboxylic acids is 2. The van der Waals surface area contributed by atoms with E-state index in [-0.39, 0.29) is 12.7 Å². The van der Waals surface area contributed by atoms with Crippen molar-refractivity contribution in [3.8, 4) is 5.75 Å². The van der Waals surface area contributed by atoms with Crippen molar-refractivity contribution in [1.29, 1.82) is 0 Å². The average Bonchev–Trinajstić information content (AvgIpc) is 2.46. The zero-order valence-corrected chi connectivity index (χ0v) is 12.4. The van der Waals surface area contributed by atoms with Gasteiger partial charge >= 0.3 is 5.97 Å². The maximum atomic E-state index is 12.2. The lowest BCUT2D eigenvalue weighted by Crippen LogP contribution is -2.18. The van der Waals surface area contributed by atoms with Gasteiger partial charge in [-0.3, -0.25) is 4.79 Å². The summed E-state index contributed by atoms with van der Waals surface area (Å²) >= 11 is 0. The minimum atomic E-state index is -0.833. The average molecular weight is 286 g/mol. The highest BCUT2D eigenvalue weighted by Gasteiger charge is 2.21. The molecule has 0 radical (unpaired) electrons. The number of ketones is 1. The van der Waals surface area contributed by atoms with Crippen molar-refractivity contribution in [2.24, 2.45) is 0 Å². The number of ether oxygens (including phenoxy) is 2. The van der Waals surface area contributed by atoms with E-state index in [2.05, 4.69) is 0 Å². The van der Waals surface area contributed by atoms with Gasteiger partial charge in [-0.2, -0.15) is 0 Å². The highest BCUT2D eigenvalue weighted by molar-refractivity contribution is 6.43. The van der Waals surface area contributed by atoms with Crippen LogP contribution in [0.1, 0.15) is 31.1 Å². The van der Waals surface area contributed by atoms with Crippen LogP contribution in [0.15, 0.2) is 36.4 Å². The van der Waals surface area contributed by atoms with Crippen LogP contribution in [0.2, 0.25) is 0 Å². The number of esters is 1. The lowest BCUT2D eigenvalue weighted by Gasteiger charge is -2.14. The van der Waals surface area contributed by atoms with Gasteiger partial charge in [0.2, 0.25) is 0 Å². The van der Waals surface area contributed by atoms with E-state index in [9.17, 15) is 9.59 Å². The molecule has 0 aliphatic heterocycles. The minimum Gasteiger partial charge on any atom is -0.490 e. The van der Waals surface area contributed by atoms with Gasteiger partial charge in [0.15, 0.2) is 0 Å². The SMILES string of the molecule is CCOC(=O)C(=O)c1ccc(OC(C)C)c2ccccc12. The summed E-state index contributed by atoms with van der Waals surface area (Å²) in [6, 6.07) is 10.7. The van der Waals surface area contributed by atoms with Crippen LogP contribution < -0.4 is 4.74 Å². The van der Waals surface area contributed by atoms with E-state index < -0.39 is 11.8 Å². The molecule has 2 rings (SSSR count). The molecule has 0 saturated carbocycles. The molecule has 110 valence electrons. The van der Waals surface area contributed by atoms with Crippen LogP contribution in [-0.4, -0.2) is 24.5 Å². The molecular weight excluding hydrogens is 268 g/mol. The maximum absolute atomic E-state index is 12.2. The Balaban J connectivity index is 2.52. The molecule has 0 spiro atoms. The van der Waals surface area contributed by atoms with E-state index in [1.54, 1.807) is 25.1 Å². The summed E-state index contributed by atoms with van der Waals surface area (Å²) in [5.41, 5.74) is 0.333. The molecule has 4 heteroatoms. The highest BCUT2D eigenvalue weighted by atomic mass is 16.5. The lowest BCUT2D eigenvalue weighted by molar-refractivity contribution is -0.137. The molecule has 0 aliphatic carbocycles. The molecule has 0 aliphatic rings. The summed E-state index contributed by atoms with van der Waals surface area (Å²) in [5.74, 6) is -0.773. The van der Waals surface area contributed by atoms with Gasteiger partial charge in [0.05, 0.1) is 12.7 Å². The number of Topliss-reactive ketones (excluding diaryl/α,β-unsaturated/α-hetero) is 1. The van der Waals surface area contributed by atoms with E-state index >= 15 is 0 Å². The molecule has 2 aromatic rings. The molecule has 0 heterocycles. The smallest absolute Gasteiger partial charge is 0.379 e. The second kappa shape index (κ2) is 6.39. The van der Waals surface area contributed by atoms with Gasteiger partial charge < -0.3 is 9.47 Å². The number of carbonyl (C=O) groups is 2. The third-order valence-corrected chi connectivity index (χ3v) is 2.95. The van der Waals surface area contributed by atoms with Gasteiger partial charge in [-0.1, -0.05) is 24.3 Å². The molecule has 0 bridgehead atoms. The number of hydrogen-bond donors (Lipinski definition) is 0. The van der Waals surface area contributed by atoms with Crippen molar-refractivity contribution in [2.45, 2.75) is 26.9 Å². The molecule has 0 fully saturated rings. The summed E-state index contributed by atoms with van der Waals surface area (Å²) in [6.07, 6.45) is 0.0278. The summed E-state index contributed by atoms with van der Waals surface area (Å²) < 4.78 is 10.5. The number of hydrogen-bond acceptors (Lipinski definition) is 4. The first kappa shape index (κ1) is 15.0. The molecule has 2 aromatic carbocycles. The fraction of sp³-hybridized carbons (Fsp3) is 0.294. The Morgan fingerprint density at radius 3 is 2.33 bits per heavy atom. The second-order valence-corrected chi connectivity index (χ2v) is 4.87. The Hall–Kier alpha value is -2.36. The lowest BCUT2D eigenvalue weighted by atomic mass is 10.0. The first-order valence-corrected chi connectivity index (χ1v) is 6.94. The quantitative estimate of drug-likeness (QED) is 0.480. The van der Waals surface area contributed by atoms with Gasteiger partial charge in [0.25, 0.3) is 5.78 Å². The van der Waals surface area contributed by atoms with Crippen LogP contribution in [0.3, 0.4) is 0 Å². The number of rotatable bonds is 5.